The number of rotatable bonds is 5. The van der Waals surface area contributed by atoms with Crippen LogP contribution in [0.25, 0.3) is 0 Å². The molecule has 0 unspecified atom stereocenters. The summed E-state index contributed by atoms with van der Waals surface area (Å²) < 4.78 is 0. The van der Waals surface area contributed by atoms with Crippen LogP contribution >= 0.6 is 23.4 Å². The molecular weight excluding hydrogens is 236 g/mol. The van der Waals surface area contributed by atoms with Crippen molar-refractivity contribution in [3.63, 3.8) is 0 Å². The Morgan fingerprint density at radius 1 is 1.67 bits per heavy atom. The second kappa shape index (κ2) is 5.92. The molecule has 0 spiro atoms. The van der Waals surface area contributed by atoms with Gasteiger partial charge >= 0.3 is 0 Å². The van der Waals surface area contributed by atoms with E-state index in [-0.39, 0.29) is 5.69 Å². The largest absolute Gasteiger partial charge is 0.287 e. The number of nitro groups is 1. The van der Waals surface area contributed by atoms with Gasteiger partial charge in [-0.3, -0.25) is 10.1 Å². The Labute approximate surface area is 97.2 Å². The Kier molecular flexibility index (Phi) is 4.84. The van der Waals surface area contributed by atoms with Crippen molar-refractivity contribution in [3.05, 3.63) is 27.9 Å². The molecule has 0 aliphatic heterocycles. The van der Waals surface area contributed by atoms with Crippen molar-refractivity contribution < 1.29 is 4.92 Å². The predicted molar refractivity (Wildman–Crippen MR) is 61.7 cm³/mol. The van der Waals surface area contributed by atoms with Crippen LogP contribution in [0.2, 0.25) is 0 Å². The van der Waals surface area contributed by atoms with Gasteiger partial charge < -0.3 is 0 Å². The number of alkyl halides is 1. The Balaban J connectivity index is 2.70. The van der Waals surface area contributed by atoms with Gasteiger partial charge in [0.15, 0.2) is 0 Å². The molecule has 0 radical (unpaired) electrons. The lowest BCUT2D eigenvalue weighted by molar-refractivity contribution is -0.385. The molecule has 1 aromatic heterocycles. The molecule has 1 rings (SSSR count). The molecule has 1 heterocycles. The summed E-state index contributed by atoms with van der Waals surface area (Å²) in [5.41, 5.74) is 0.873. The number of hydrogen-bond donors (Lipinski definition) is 0. The SMILES string of the molecule is Cc1cc([N+](=O)[O-])cnc1SCCCCl. The van der Waals surface area contributed by atoms with Crippen molar-refractivity contribution in [3.8, 4) is 0 Å². The molecule has 0 amide bonds. The summed E-state index contributed by atoms with van der Waals surface area (Å²) in [5.74, 6) is 1.51. The average molecular weight is 247 g/mol. The first-order valence-corrected chi connectivity index (χ1v) is 5.97. The molecule has 82 valence electrons. The van der Waals surface area contributed by atoms with Crippen LogP contribution in [-0.4, -0.2) is 21.5 Å². The fraction of sp³-hybridized carbons (Fsp3) is 0.444. The lowest BCUT2D eigenvalue weighted by Gasteiger charge is -2.02. The first-order valence-electron chi connectivity index (χ1n) is 4.45. The van der Waals surface area contributed by atoms with Crippen LogP contribution in [-0.2, 0) is 0 Å². The summed E-state index contributed by atoms with van der Waals surface area (Å²) in [7, 11) is 0. The molecule has 0 atom stereocenters. The molecule has 4 nitrogen and oxygen atoms in total. The van der Waals surface area contributed by atoms with E-state index in [2.05, 4.69) is 4.98 Å². The summed E-state index contributed by atoms with van der Waals surface area (Å²) in [6.07, 6.45) is 2.19. The second-order valence-electron chi connectivity index (χ2n) is 2.96. The third-order valence-electron chi connectivity index (χ3n) is 1.74. The van der Waals surface area contributed by atoms with E-state index in [0.29, 0.717) is 5.88 Å². The van der Waals surface area contributed by atoms with Gasteiger partial charge in [0.2, 0.25) is 0 Å². The Bertz CT molecular complexity index is 360. The number of nitrogens with zero attached hydrogens (tertiary/aromatic N) is 2. The minimum Gasteiger partial charge on any atom is -0.258 e. The lowest BCUT2D eigenvalue weighted by atomic mass is 10.3. The monoisotopic (exact) mass is 246 g/mol. The van der Waals surface area contributed by atoms with Gasteiger partial charge in [0.1, 0.15) is 6.20 Å². The van der Waals surface area contributed by atoms with E-state index in [4.69, 9.17) is 11.6 Å². The fourth-order valence-corrected chi connectivity index (χ4v) is 2.21. The zero-order valence-electron chi connectivity index (χ0n) is 8.27. The molecule has 0 bridgehead atoms. The normalized spacial score (nSPS) is 10.3. The molecule has 0 saturated carbocycles. The van der Waals surface area contributed by atoms with Gasteiger partial charge in [-0.15, -0.1) is 23.4 Å². The van der Waals surface area contributed by atoms with Crippen LogP contribution < -0.4 is 0 Å². The molecule has 6 heteroatoms. The Hall–Kier alpha value is -0.810. The van der Waals surface area contributed by atoms with E-state index < -0.39 is 4.92 Å². The highest BCUT2D eigenvalue weighted by Gasteiger charge is 2.09. The van der Waals surface area contributed by atoms with E-state index >= 15 is 0 Å². The summed E-state index contributed by atoms with van der Waals surface area (Å²) in [6.45, 7) is 1.82. The van der Waals surface area contributed by atoms with Crippen molar-refractivity contribution in [2.45, 2.75) is 18.4 Å². The maximum absolute atomic E-state index is 10.5. The molecular formula is C9H11ClN2O2S. The van der Waals surface area contributed by atoms with Gasteiger partial charge in [0.25, 0.3) is 5.69 Å². The molecule has 0 N–H and O–H groups in total. The van der Waals surface area contributed by atoms with Crippen molar-refractivity contribution in [2.24, 2.45) is 0 Å². The van der Waals surface area contributed by atoms with Crippen molar-refractivity contribution >= 4 is 29.1 Å². The first kappa shape index (κ1) is 12.3. The van der Waals surface area contributed by atoms with Crippen molar-refractivity contribution in [2.75, 3.05) is 11.6 Å². The number of aryl methyl sites for hydroxylation is 1. The van der Waals surface area contributed by atoms with Gasteiger partial charge in [-0.1, -0.05) is 0 Å². The Morgan fingerprint density at radius 2 is 2.40 bits per heavy atom. The zero-order chi connectivity index (χ0) is 11.3. The van der Waals surface area contributed by atoms with E-state index in [1.165, 1.54) is 12.3 Å². The van der Waals surface area contributed by atoms with Gasteiger partial charge in [-0.05, 0) is 18.9 Å². The molecule has 0 aliphatic rings. The zero-order valence-corrected chi connectivity index (χ0v) is 9.85. The number of hydrogen-bond acceptors (Lipinski definition) is 4. The molecule has 0 aliphatic carbocycles. The quantitative estimate of drug-likeness (QED) is 0.263. The highest BCUT2D eigenvalue weighted by atomic mass is 35.5. The van der Waals surface area contributed by atoms with Crippen LogP contribution in [0, 0.1) is 17.0 Å². The summed E-state index contributed by atoms with van der Waals surface area (Å²) >= 11 is 7.13. The number of thioether (sulfide) groups is 1. The van der Waals surface area contributed by atoms with Crippen LogP contribution in [0.3, 0.4) is 0 Å². The van der Waals surface area contributed by atoms with E-state index in [9.17, 15) is 10.1 Å². The van der Waals surface area contributed by atoms with Crippen molar-refractivity contribution in [1.82, 2.24) is 4.98 Å². The number of halogens is 1. The fourth-order valence-electron chi connectivity index (χ4n) is 1.02. The molecule has 0 fully saturated rings. The smallest absolute Gasteiger partial charge is 0.258 e. The first-order chi connectivity index (χ1) is 7.15. The van der Waals surface area contributed by atoms with E-state index in [1.807, 2.05) is 6.92 Å². The van der Waals surface area contributed by atoms with Crippen LogP contribution in [0.15, 0.2) is 17.3 Å². The van der Waals surface area contributed by atoms with Gasteiger partial charge in [-0.2, -0.15) is 0 Å². The summed E-state index contributed by atoms with van der Waals surface area (Å²) in [6, 6.07) is 1.54. The number of aromatic nitrogens is 1. The third-order valence-corrected chi connectivity index (χ3v) is 3.20. The minimum atomic E-state index is -0.437. The van der Waals surface area contributed by atoms with Gasteiger partial charge in [-0.25, -0.2) is 4.98 Å². The summed E-state index contributed by atoms with van der Waals surface area (Å²) in [5, 5.41) is 11.3. The highest BCUT2D eigenvalue weighted by molar-refractivity contribution is 7.99. The van der Waals surface area contributed by atoms with Crippen molar-refractivity contribution in [1.29, 1.82) is 0 Å². The van der Waals surface area contributed by atoms with Gasteiger partial charge in [0.05, 0.1) is 9.95 Å². The van der Waals surface area contributed by atoms with E-state index in [0.717, 1.165) is 22.8 Å². The maximum Gasteiger partial charge on any atom is 0.287 e. The predicted octanol–water partition coefficient (Wildman–Crippen LogP) is 3.02. The average Bonchev–Trinajstić information content (AvgIpc) is 2.20. The Morgan fingerprint density at radius 3 is 2.93 bits per heavy atom. The molecule has 0 saturated heterocycles. The van der Waals surface area contributed by atoms with Crippen LogP contribution in [0.5, 0.6) is 0 Å². The standard InChI is InChI=1S/C9H11ClN2O2S/c1-7-5-8(12(13)14)6-11-9(7)15-4-2-3-10/h5-6H,2-4H2,1H3. The lowest BCUT2D eigenvalue weighted by Crippen LogP contribution is -1.93. The number of pyridine rings is 1. The van der Waals surface area contributed by atoms with Gasteiger partial charge in [0, 0.05) is 17.7 Å². The minimum absolute atomic E-state index is 0.0363. The second-order valence-corrected chi connectivity index (χ2v) is 4.43. The molecule has 15 heavy (non-hydrogen) atoms. The van der Waals surface area contributed by atoms with Crippen LogP contribution in [0.4, 0.5) is 5.69 Å². The molecule has 1 aromatic rings. The molecule has 0 aromatic carbocycles. The van der Waals surface area contributed by atoms with E-state index in [1.54, 1.807) is 11.8 Å². The van der Waals surface area contributed by atoms with Crippen LogP contribution in [0.1, 0.15) is 12.0 Å². The third kappa shape index (κ3) is 3.68. The topological polar surface area (TPSA) is 56.0 Å². The highest BCUT2D eigenvalue weighted by Crippen LogP contribution is 2.23. The maximum atomic E-state index is 10.5. The summed E-state index contributed by atoms with van der Waals surface area (Å²) in [4.78, 5) is 14.1.